The van der Waals surface area contributed by atoms with E-state index in [1.165, 1.54) is 12.5 Å². The van der Waals surface area contributed by atoms with E-state index in [-0.39, 0.29) is 18.0 Å². The molecule has 1 fully saturated rings. The van der Waals surface area contributed by atoms with Crippen LogP contribution in [0.15, 0.2) is 18.2 Å². The van der Waals surface area contributed by atoms with Gasteiger partial charge in [-0.3, -0.25) is 0 Å². The van der Waals surface area contributed by atoms with Gasteiger partial charge < -0.3 is 10.5 Å². The summed E-state index contributed by atoms with van der Waals surface area (Å²) in [5, 5.41) is 0. The Morgan fingerprint density at radius 1 is 1.24 bits per heavy atom. The molecule has 0 amide bonds. The molecule has 0 spiro atoms. The van der Waals surface area contributed by atoms with Crippen molar-refractivity contribution in [2.45, 2.75) is 65.0 Å². The molecule has 0 aliphatic heterocycles. The van der Waals surface area contributed by atoms with Crippen molar-refractivity contribution in [3.8, 4) is 5.75 Å². The highest BCUT2D eigenvalue weighted by Crippen LogP contribution is 2.32. The summed E-state index contributed by atoms with van der Waals surface area (Å²) >= 11 is 0. The molecule has 21 heavy (non-hydrogen) atoms. The molecule has 0 radical (unpaired) electrons. The van der Waals surface area contributed by atoms with E-state index in [9.17, 15) is 4.39 Å². The van der Waals surface area contributed by atoms with E-state index < -0.39 is 0 Å². The predicted octanol–water partition coefficient (Wildman–Crippen LogP) is 4.31. The van der Waals surface area contributed by atoms with E-state index in [1.807, 2.05) is 0 Å². The lowest BCUT2D eigenvalue weighted by Gasteiger charge is -2.32. The lowest BCUT2D eigenvalue weighted by Crippen LogP contribution is -2.29. The fourth-order valence-electron chi connectivity index (χ4n) is 3.40. The quantitative estimate of drug-likeness (QED) is 0.878. The topological polar surface area (TPSA) is 35.2 Å². The van der Waals surface area contributed by atoms with E-state index in [0.29, 0.717) is 18.3 Å². The van der Waals surface area contributed by atoms with Crippen LogP contribution in [0.3, 0.4) is 0 Å². The second-order valence-electron chi connectivity index (χ2n) is 6.78. The van der Waals surface area contributed by atoms with Crippen molar-refractivity contribution in [1.82, 2.24) is 0 Å². The van der Waals surface area contributed by atoms with Crippen molar-refractivity contribution in [1.29, 1.82) is 0 Å². The van der Waals surface area contributed by atoms with Gasteiger partial charge in [0.2, 0.25) is 0 Å². The van der Waals surface area contributed by atoms with E-state index in [0.717, 1.165) is 30.6 Å². The molecule has 0 aromatic heterocycles. The molecule has 3 heteroatoms. The molecule has 0 heterocycles. The van der Waals surface area contributed by atoms with Gasteiger partial charge in [0.1, 0.15) is 11.6 Å². The largest absolute Gasteiger partial charge is 0.490 e. The molecular formula is C18H28FNO. The number of rotatable bonds is 5. The fourth-order valence-corrected chi connectivity index (χ4v) is 3.40. The first-order valence-electron chi connectivity index (χ1n) is 8.18. The molecule has 2 N–H and O–H groups in total. The van der Waals surface area contributed by atoms with Crippen molar-refractivity contribution < 1.29 is 9.13 Å². The maximum atomic E-state index is 13.5. The van der Waals surface area contributed by atoms with Crippen molar-refractivity contribution in [3.63, 3.8) is 0 Å². The summed E-state index contributed by atoms with van der Waals surface area (Å²) in [6.07, 6.45) is 5.24. The summed E-state index contributed by atoms with van der Waals surface area (Å²) < 4.78 is 19.7. The molecule has 118 valence electrons. The van der Waals surface area contributed by atoms with Crippen LogP contribution in [-0.2, 0) is 6.42 Å². The second-order valence-corrected chi connectivity index (χ2v) is 6.78. The fraction of sp³-hybridized carbons (Fsp3) is 0.667. The van der Waals surface area contributed by atoms with Crippen LogP contribution in [0, 0.1) is 17.7 Å². The summed E-state index contributed by atoms with van der Waals surface area (Å²) in [5.41, 5.74) is 6.92. The molecule has 3 unspecified atom stereocenters. The van der Waals surface area contributed by atoms with Gasteiger partial charge in [0.25, 0.3) is 0 Å². The van der Waals surface area contributed by atoms with Crippen LogP contribution in [-0.4, -0.2) is 12.1 Å². The van der Waals surface area contributed by atoms with Gasteiger partial charge in [0.05, 0.1) is 6.10 Å². The smallest absolute Gasteiger partial charge is 0.123 e. The summed E-state index contributed by atoms with van der Waals surface area (Å²) in [6.45, 7) is 6.62. The van der Waals surface area contributed by atoms with E-state index in [1.54, 1.807) is 12.1 Å². The van der Waals surface area contributed by atoms with Crippen molar-refractivity contribution in [2.75, 3.05) is 0 Å². The number of ether oxygens (including phenoxy) is 1. The molecule has 2 nitrogen and oxygen atoms in total. The minimum Gasteiger partial charge on any atom is -0.490 e. The summed E-state index contributed by atoms with van der Waals surface area (Å²) in [6, 6.07) is 4.86. The zero-order valence-electron chi connectivity index (χ0n) is 13.4. The Hall–Kier alpha value is -1.09. The number of benzene rings is 1. The Labute approximate surface area is 127 Å². The minimum absolute atomic E-state index is 0.0540. The molecule has 1 aliphatic carbocycles. The van der Waals surface area contributed by atoms with Gasteiger partial charge in [-0.15, -0.1) is 0 Å². The normalized spacial score (nSPS) is 27.4. The van der Waals surface area contributed by atoms with Gasteiger partial charge in [-0.05, 0) is 67.7 Å². The SMILES string of the molecule is CCC(N)Cc1cc(F)ccc1OC1CC(C)CC(C)C1. The monoisotopic (exact) mass is 293 g/mol. The highest BCUT2D eigenvalue weighted by Gasteiger charge is 2.26. The Balaban J connectivity index is 2.11. The molecular weight excluding hydrogens is 265 g/mol. The first-order valence-corrected chi connectivity index (χ1v) is 8.18. The Kier molecular flexibility index (Phi) is 5.63. The zero-order chi connectivity index (χ0) is 15.4. The molecule has 1 aromatic rings. The first kappa shape index (κ1) is 16.3. The van der Waals surface area contributed by atoms with E-state index in [2.05, 4.69) is 20.8 Å². The standard InChI is InChI=1S/C18H28FNO/c1-4-16(20)11-14-10-15(19)5-6-18(14)21-17-8-12(2)7-13(3)9-17/h5-6,10,12-13,16-17H,4,7-9,11,20H2,1-3H3. The van der Waals surface area contributed by atoms with Crippen molar-refractivity contribution in [3.05, 3.63) is 29.6 Å². The van der Waals surface area contributed by atoms with Crippen LogP contribution in [0.2, 0.25) is 0 Å². The highest BCUT2D eigenvalue weighted by atomic mass is 19.1. The minimum atomic E-state index is -0.217. The number of halogens is 1. The van der Waals surface area contributed by atoms with Crippen LogP contribution in [0.4, 0.5) is 4.39 Å². The molecule has 3 atom stereocenters. The Bertz CT molecular complexity index is 453. The van der Waals surface area contributed by atoms with Gasteiger partial charge in [0.15, 0.2) is 0 Å². The average molecular weight is 293 g/mol. The molecule has 1 aliphatic rings. The summed E-state index contributed by atoms with van der Waals surface area (Å²) in [5.74, 6) is 1.98. The number of hydrogen-bond donors (Lipinski definition) is 1. The molecule has 2 rings (SSSR count). The Morgan fingerprint density at radius 2 is 1.90 bits per heavy atom. The maximum Gasteiger partial charge on any atom is 0.123 e. The van der Waals surface area contributed by atoms with Gasteiger partial charge in [0, 0.05) is 6.04 Å². The third-order valence-corrected chi connectivity index (χ3v) is 4.46. The van der Waals surface area contributed by atoms with Gasteiger partial charge in [-0.1, -0.05) is 20.8 Å². The van der Waals surface area contributed by atoms with Crippen molar-refractivity contribution in [2.24, 2.45) is 17.6 Å². The van der Waals surface area contributed by atoms with E-state index in [4.69, 9.17) is 10.5 Å². The van der Waals surface area contributed by atoms with Gasteiger partial charge in [-0.2, -0.15) is 0 Å². The van der Waals surface area contributed by atoms with Crippen LogP contribution in [0.5, 0.6) is 5.75 Å². The van der Waals surface area contributed by atoms with Crippen molar-refractivity contribution >= 4 is 0 Å². The van der Waals surface area contributed by atoms with Crippen LogP contribution >= 0.6 is 0 Å². The molecule has 0 bridgehead atoms. The van der Waals surface area contributed by atoms with Crippen LogP contribution < -0.4 is 10.5 Å². The summed E-state index contributed by atoms with van der Waals surface area (Å²) in [4.78, 5) is 0. The molecule has 0 saturated heterocycles. The third kappa shape index (κ3) is 4.70. The first-order chi connectivity index (χ1) is 9.97. The van der Waals surface area contributed by atoms with Crippen LogP contribution in [0.25, 0.3) is 0 Å². The number of nitrogens with two attached hydrogens (primary N) is 1. The third-order valence-electron chi connectivity index (χ3n) is 4.46. The molecule has 1 saturated carbocycles. The maximum absolute atomic E-state index is 13.5. The highest BCUT2D eigenvalue weighted by molar-refractivity contribution is 5.35. The predicted molar refractivity (Wildman–Crippen MR) is 85.0 cm³/mol. The Morgan fingerprint density at radius 3 is 2.52 bits per heavy atom. The number of hydrogen-bond acceptors (Lipinski definition) is 2. The lowest BCUT2D eigenvalue weighted by atomic mass is 9.82. The molecule has 1 aromatic carbocycles. The summed E-state index contributed by atoms with van der Waals surface area (Å²) in [7, 11) is 0. The van der Waals surface area contributed by atoms with Gasteiger partial charge in [-0.25, -0.2) is 4.39 Å². The second kappa shape index (κ2) is 7.26. The van der Waals surface area contributed by atoms with E-state index >= 15 is 0 Å². The zero-order valence-corrected chi connectivity index (χ0v) is 13.4. The van der Waals surface area contributed by atoms with Crippen LogP contribution in [0.1, 0.15) is 52.0 Å². The van der Waals surface area contributed by atoms with Gasteiger partial charge >= 0.3 is 0 Å². The average Bonchev–Trinajstić information content (AvgIpc) is 2.40. The lowest BCUT2D eigenvalue weighted by molar-refractivity contribution is 0.0998.